The molecular formula is C11H17N5O. The standard InChI is InChI=1S/C11H17N5O/c1-16(6-7(13)5-12)8-2-3-9-10(4-8)15-11(17)14-9/h2-4,7H,5-6,12-13H2,1H3,(H2,14,15,17). The summed E-state index contributed by atoms with van der Waals surface area (Å²) in [7, 11) is 1.95. The Morgan fingerprint density at radius 3 is 2.76 bits per heavy atom. The van der Waals surface area contributed by atoms with Gasteiger partial charge in [-0.2, -0.15) is 0 Å². The second-order valence-corrected chi connectivity index (χ2v) is 4.19. The molecule has 0 aliphatic rings. The molecule has 0 aliphatic carbocycles. The lowest BCUT2D eigenvalue weighted by molar-refractivity contribution is 0.668. The van der Waals surface area contributed by atoms with Gasteiger partial charge in [0.15, 0.2) is 0 Å². The summed E-state index contributed by atoms with van der Waals surface area (Å²) in [4.78, 5) is 18.6. The van der Waals surface area contributed by atoms with E-state index in [-0.39, 0.29) is 11.7 Å². The molecule has 0 aliphatic heterocycles. The zero-order valence-electron chi connectivity index (χ0n) is 9.73. The molecule has 2 rings (SSSR count). The number of rotatable bonds is 4. The summed E-state index contributed by atoms with van der Waals surface area (Å²) < 4.78 is 0. The Morgan fingerprint density at radius 2 is 2.06 bits per heavy atom. The number of benzene rings is 1. The number of imidazole rings is 1. The van der Waals surface area contributed by atoms with E-state index in [4.69, 9.17) is 11.5 Å². The molecule has 1 aromatic heterocycles. The average Bonchev–Trinajstić information content (AvgIpc) is 2.67. The predicted octanol–water partition coefficient (Wildman–Crippen LogP) is -0.422. The first kappa shape index (κ1) is 11.7. The molecule has 1 heterocycles. The molecule has 2 aromatic rings. The summed E-state index contributed by atoms with van der Waals surface area (Å²) in [6.45, 7) is 1.13. The number of likely N-dealkylation sites (N-methyl/N-ethyl adjacent to an activating group) is 1. The van der Waals surface area contributed by atoms with E-state index in [0.29, 0.717) is 13.1 Å². The van der Waals surface area contributed by atoms with Gasteiger partial charge < -0.3 is 26.3 Å². The maximum atomic E-state index is 11.1. The third-order valence-electron chi connectivity index (χ3n) is 2.75. The van der Waals surface area contributed by atoms with Crippen LogP contribution in [0.5, 0.6) is 0 Å². The third kappa shape index (κ3) is 2.48. The van der Waals surface area contributed by atoms with Crippen molar-refractivity contribution in [2.75, 3.05) is 25.0 Å². The van der Waals surface area contributed by atoms with E-state index >= 15 is 0 Å². The predicted molar refractivity (Wildman–Crippen MR) is 69.2 cm³/mol. The van der Waals surface area contributed by atoms with E-state index in [1.165, 1.54) is 0 Å². The van der Waals surface area contributed by atoms with Crippen LogP contribution < -0.4 is 22.1 Å². The molecule has 0 saturated carbocycles. The Balaban J connectivity index is 2.26. The van der Waals surface area contributed by atoms with Crippen LogP contribution in [0.2, 0.25) is 0 Å². The Morgan fingerprint density at radius 1 is 1.35 bits per heavy atom. The van der Waals surface area contributed by atoms with Crippen molar-refractivity contribution in [3.8, 4) is 0 Å². The SMILES string of the molecule is CN(CC(N)CN)c1ccc2[nH]c(=O)[nH]c2c1. The van der Waals surface area contributed by atoms with Crippen molar-refractivity contribution in [1.82, 2.24) is 9.97 Å². The molecule has 6 heteroatoms. The highest BCUT2D eigenvalue weighted by Gasteiger charge is 2.07. The maximum absolute atomic E-state index is 11.1. The van der Waals surface area contributed by atoms with Crippen LogP contribution >= 0.6 is 0 Å². The van der Waals surface area contributed by atoms with Crippen LogP contribution in [0, 0.1) is 0 Å². The lowest BCUT2D eigenvalue weighted by atomic mass is 10.2. The van der Waals surface area contributed by atoms with Gasteiger partial charge in [-0.3, -0.25) is 0 Å². The Labute approximate surface area is 98.6 Å². The minimum Gasteiger partial charge on any atom is -0.373 e. The van der Waals surface area contributed by atoms with Gasteiger partial charge >= 0.3 is 5.69 Å². The summed E-state index contributed by atoms with van der Waals surface area (Å²) in [6, 6.07) is 5.67. The van der Waals surface area contributed by atoms with Crippen molar-refractivity contribution in [3.05, 3.63) is 28.7 Å². The van der Waals surface area contributed by atoms with E-state index in [0.717, 1.165) is 16.7 Å². The zero-order chi connectivity index (χ0) is 12.4. The van der Waals surface area contributed by atoms with Gasteiger partial charge in [0, 0.05) is 31.9 Å². The minimum absolute atomic E-state index is 0.0547. The second kappa shape index (κ2) is 4.60. The maximum Gasteiger partial charge on any atom is 0.323 e. The van der Waals surface area contributed by atoms with Crippen molar-refractivity contribution >= 4 is 16.7 Å². The number of aromatic amines is 2. The van der Waals surface area contributed by atoms with Gasteiger partial charge in [-0.25, -0.2) is 4.79 Å². The Bertz CT molecular complexity index is 558. The number of nitrogens with zero attached hydrogens (tertiary/aromatic N) is 1. The molecule has 17 heavy (non-hydrogen) atoms. The van der Waals surface area contributed by atoms with E-state index < -0.39 is 0 Å². The zero-order valence-corrected chi connectivity index (χ0v) is 9.73. The average molecular weight is 235 g/mol. The minimum atomic E-state index is -0.196. The van der Waals surface area contributed by atoms with Gasteiger partial charge in [0.05, 0.1) is 11.0 Å². The summed E-state index contributed by atoms with van der Waals surface area (Å²) in [6.07, 6.45) is 0. The largest absolute Gasteiger partial charge is 0.373 e. The number of aromatic nitrogens is 2. The summed E-state index contributed by atoms with van der Waals surface area (Å²) >= 11 is 0. The van der Waals surface area contributed by atoms with E-state index in [1.54, 1.807) is 0 Å². The second-order valence-electron chi connectivity index (χ2n) is 4.19. The number of anilines is 1. The summed E-state index contributed by atoms with van der Waals surface area (Å²) in [5, 5.41) is 0. The third-order valence-corrected chi connectivity index (χ3v) is 2.75. The van der Waals surface area contributed by atoms with Crippen LogP contribution in [0.4, 0.5) is 5.69 Å². The highest BCUT2D eigenvalue weighted by Crippen LogP contribution is 2.17. The molecule has 0 radical (unpaired) electrons. The van der Waals surface area contributed by atoms with E-state index in [2.05, 4.69) is 9.97 Å². The number of H-pyrrole nitrogens is 2. The van der Waals surface area contributed by atoms with Crippen LogP contribution in [0.1, 0.15) is 0 Å². The van der Waals surface area contributed by atoms with Gasteiger partial charge in [0.2, 0.25) is 0 Å². The molecule has 1 unspecified atom stereocenters. The molecule has 0 fully saturated rings. The molecule has 92 valence electrons. The summed E-state index contributed by atoms with van der Waals surface area (Å²) in [5.74, 6) is 0. The van der Waals surface area contributed by atoms with Crippen LogP contribution in [0.3, 0.4) is 0 Å². The van der Waals surface area contributed by atoms with Crippen molar-refractivity contribution in [1.29, 1.82) is 0 Å². The fourth-order valence-corrected chi connectivity index (χ4v) is 1.79. The van der Waals surface area contributed by atoms with Crippen LogP contribution in [-0.2, 0) is 0 Å². The monoisotopic (exact) mass is 235 g/mol. The molecule has 0 saturated heterocycles. The van der Waals surface area contributed by atoms with Gasteiger partial charge in [-0.15, -0.1) is 0 Å². The number of fused-ring (bicyclic) bond motifs is 1. The molecule has 0 spiro atoms. The molecule has 6 N–H and O–H groups in total. The van der Waals surface area contributed by atoms with Gasteiger partial charge in [-0.1, -0.05) is 0 Å². The summed E-state index contributed by atoms with van der Waals surface area (Å²) in [5.41, 5.74) is 13.7. The van der Waals surface area contributed by atoms with Crippen LogP contribution in [0.25, 0.3) is 11.0 Å². The van der Waals surface area contributed by atoms with Crippen molar-refractivity contribution < 1.29 is 0 Å². The molecular weight excluding hydrogens is 218 g/mol. The lowest BCUT2D eigenvalue weighted by Crippen LogP contribution is -2.40. The molecule has 1 atom stereocenters. The van der Waals surface area contributed by atoms with Gasteiger partial charge in [-0.05, 0) is 18.2 Å². The van der Waals surface area contributed by atoms with E-state index in [9.17, 15) is 4.79 Å². The topological polar surface area (TPSA) is 104 Å². The number of nitrogens with two attached hydrogens (primary N) is 2. The normalized spacial score (nSPS) is 12.9. The van der Waals surface area contributed by atoms with Gasteiger partial charge in [0.25, 0.3) is 0 Å². The van der Waals surface area contributed by atoms with Crippen molar-refractivity contribution in [2.24, 2.45) is 11.5 Å². The highest BCUT2D eigenvalue weighted by atomic mass is 16.1. The number of hydrogen-bond acceptors (Lipinski definition) is 4. The molecule has 0 amide bonds. The Hall–Kier alpha value is -1.79. The molecule has 0 bridgehead atoms. The highest BCUT2D eigenvalue weighted by molar-refractivity contribution is 5.78. The van der Waals surface area contributed by atoms with E-state index in [1.807, 2.05) is 30.1 Å². The quantitative estimate of drug-likeness (QED) is 0.577. The van der Waals surface area contributed by atoms with Gasteiger partial charge in [0.1, 0.15) is 0 Å². The first-order valence-electron chi connectivity index (χ1n) is 5.49. The molecule has 1 aromatic carbocycles. The number of hydrogen-bond donors (Lipinski definition) is 4. The van der Waals surface area contributed by atoms with Crippen LogP contribution in [0.15, 0.2) is 23.0 Å². The fraction of sp³-hybridized carbons (Fsp3) is 0.364. The molecule has 6 nitrogen and oxygen atoms in total. The first-order valence-corrected chi connectivity index (χ1v) is 5.49. The number of nitrogens with one attached hydrogen (secondary N) is 2. The first-order chi connectivity index (χ1) is 8.10. The smallest absolute Gasteiger partial charge is 0.323 e. The van der Waals surface area contributed by atoms with Crippen molar-refractivity contribution in [3.63, 3.8) is 0 Å². The lowest BCUT2D eigenvalue weighted by Gasteiger charge is -2.22. The fourth-order valence-electron chi connectivity index (χ4n) is 1.79. The van der Waals surface area contributed by atoms with Crippen LogP contribution in [-0.4, -0.2) is 36.1 Å². The Kier molecular flexibility index (Phi) is 3.16. The van der Waals surface area contributed by atoms with Crippen molar-refractivity contribution in [2.45, 2.75) is 6.04 Å².